The van der Waals surface area contributed by atoms with Gasteiger partial charge in [-0.15, -0.1) is 0 Å². The van der Waals surface area contributed by atoms with E-state index < -0.39 is 29.0 Å². The molecule has 2 aromatic carbocycles. The Hall–Kier alpha value is -3.13. The molecule has 0 fully saturated rings. The van der Waals surface area contributed by atoms with E-state index in [4.69, 9.17) is 11.6 Å². The SMILES string of the molecule is Cc1ccc(Cl)cc1Nc1ncc(C(=O)Nc2ccc(F)c(F)c2F)cn1. The molecule has 0 saturated heterocycles. The van der Waals surface area contributed by atoms with Crippen LogP contribution in [0.5, 0.6) is 0 Å². The van der Waals surface area contributed by atoms with E-state index in [1.807, 2.05) is 13.0 Å². The topological polar surface area (TPSA) is 66.9 Å². The second kappa shape index (κ2) is 7.63. The third-order valence-corrected chi connectivity index (χ3v) is 3.88. The summed E-state index contributed by atoms with van der Waals surface area (Å²) in [6.45, 7) is 1.87. The van der Waals surface area contributed by atoms with Gasteiger partial charge in [-0.25, -0.2) is 23.1 Å². The standard InChI is InChI=1S/C18H12ClF3N4O/c1-9-2-3-11(19)6-14(9)26-18-23-7-10(8-24-18)17(27)25-13-5-4-12(20)15(21)16(13)22/h2-8H,1H3,(H,25,27)(H,23,24,26). The maximum atomic E-state index is 13.6. The first-order chi connectivity index (χ1) is 12.8. The van der Waals surface area contributed by atoms with Crippen molar-refractivity contribution in [1.29, 1.82) is 0 Å². The average molecular weight is 393 g/mol. The average Bonchev–Trinajstić information content (AvgIpc) is 2.65. The quantitative estimate of drug-likeness (QED) is 0.623. The van der Waals surface area contributed by atoms with Gasteiger partial charge in [0.25, 0.3) is 5.91 Å². The minimum absolute atomic E-state index is 0.00694. The van der Waals surface area contributed by atoms with Crippen molar-refractivity contribution in [2.24, 2.45) is 0 Å². The Morgan fingerprint density at radius 3 is 2.41 bits per heavy atom. The predicted octanol–water partition coefficient (Wildman–Crippen LogP) is 4.85. The summed E-state index contributed by atoms with van der Waals surface area (Å²) in [4.78, 5) is 20.1. The lowest BCUT2D eigenvalue weighted by Gasteiger charge is -2.09. The van der Waals surface area contributed by atoms with Crippen LogP contribution in [-0.2, 0) is 0 Å². The van der Waals surface area contributed by atoms with E-state index in [0.29, 0.717) is 16.8 Å². The van der Waals surface area contributed by atoms with E-state index in [1.165, 1.54) is 12.4 Å². The molecule has 1 heterocycles. The van der Waals surface area contributed by atoms with Crippen molar-refractivity contribution in [2.75, 3.05) is 10.6 Å². The minimum Gasteiger partial charge on any atom is -0.324 e. The summed E-state index contributed by atoms with van der Waals surface area (Å²) >= 11 is 5.95. The van der Waals surface area contributed by atoms with Gasteiger partial charge in [0, 0.05) is 23.1 Å². The number of hydrogen-bond donors (Lipinski definition) is 2. The number of aromatic nitrogens is 2. The van der Waals surface area contributed by atoms with Gasteiger partial charge in [-0.3, -0.25) is 4.79 Å². The lowest BCUT2D eigenvalue weighted by Crippen LogP contribution is -2.15. The lowest BCUT2D eigenvalue weighted by atomic mass is 10.2. The molecule has 0 atom stereocenters. The minimum atomic E-state index is -1.67. The molecule has 3 rings (SSSR count). The van der Waals surface area contributed by atoms with Crippen LogP contribution in [0.15, 0.2) is 42.7 Å². The molecule has 1 amide bonds. The fourth-order valence-electron chi connectivity index (χ4n) is 2.18. The molecular formula is C18H12ClF3N4O. The van der Waals surface area contributed by atoms with Crippen LogP contribution in [0.2, 0.25) is 5.02 Å². The monoisotopic (exact) mass is 392 g/mol. The number of rotatable bonds is 4. The number of amides is 1. The summed E-state index contributed by atoms with van der Waals surface area (Å²) in [5, 5.41) is 5.64. The number of benzene rings is 2. The van der Waals surface area contributed by atoms with Crippen molar-refractivity contribution in [3.05, 3.63) is 76.3 Å². The fourth-order valence-corrected chi connectivity index (χ4v) is 2.35. The Kier molecular flexibility index (Phi) is 5.27. The van der Waals surface area contributed by atoms with Crippen LogP contribution >= 0.6 is 11.6 Å². The zero-order chi connectivity index (χ0) is 19.6. The Balaban J connectivity index is 1.74. The van der Waals surface area contributed by atoms with E-state index in [2.05, 4.69) is 20.6 Å². The van der Waals surface area contributed by atoms with Gasteiger partial charge >= 0.3 is 0 Å². The van der Waals surface area contributed by atoms with Gasteiger partial charge in [-0.1, -0.05) is 17.7 Å². The molecular weight excluding hydrogens is 381 g/mol. The van der Waals surface area contributed by atoms with Crippen LogP contribution in [0.3, 0.4) is 0 Å². The van der Waals surface area contributed by atoms with E-state index in [0.717, 1.165) is 11.6 Å². The number of hydrogen-bond acceptors (Lipinski definition) is 4. The van der Waals surface area contributed by atoms with E-state index in [9.17, 15) is 18.0 Å². The number of aryl methyl sites for hydroxylation is 1. The van der Waals surface area contributed by atoms with Crippen molar-refractivity contribution in [3.63, 3.8) is 0 Å². The number of carbonyl (C=O) groups excluding carboxylic acids is 1. The molecule has 2 N–H and O–H groups in total. The van der Waals surface area contributed by atoms with E-state index in [-0.39, 0.29) is 11.5 Å². The number of carbonyl (C=O) groups is 1. The highest BCUT2D eigenvalue weighted by molar-refractivity contribution is 6.30. The molecule has 1 aromatic heterocycles. The fraction of sp³-hybridized carbons (Fsp3) is 0.0556. The van der Waals surface area contributed by atoms with Crippen LogP contribution in [-0.4, -0.2) is 15.9 Å². The first-order valence-electron chi connectivity index (χ1n) is 7.65. The van der Waals surface area contributed by atoms with Crippen molar-refractivity contribution in [3.8, 4) is 0 Å². The molecule has 5 nitrogen and oxygen atoms in total. The molecule has 0 aliphatic rings. The number of nitrogens with zero attached hydrogens (tertiary/aromatic N) is 2. The summed E-state index contributed by atoms with van der Waals surface area (Å²) < 4.78 is 39.8. The number of anilines is 3. The Bertz CT molecular complexity index is 1010. The van der Waals surface area contributed by atoms with Crippen LogP contribution < -0.4 is 10.6 Å². The molecule has 0 aliphatic carbocycles. The zero-order valence-corrected chi connectivity index (χ0v) is 14.6. The second-order valence-electron chi connectivity index (χ2n) is 5.56. The van der Waals surface area contributed by atoms with Gasteiger partial charge in [-0.2, -0.15) is 0 Å². The molecule has 0 saturated carbocycles. The van der Waals surface area contributed by atoms with Crippen molar-refractivity contribution in [2.45, 2.75) is 6.92 Å². The van der Waals surface area contributed by atoms with E-state index in [1.54, 1.807) is 12.1 Å². The summed E-state index contributed by atoms with van der Waals surface area (Å²) in [5.41, 5.74) is 1.13. The molecule has 0 aliphatic heterocycles. The Morgan fingerprint density at radius 1 is 1.00 bits per heavy atom. The molecule has 0 spiro atoms. The number of nitrogens with one attached hydrogen (secondary N) is 2. The highest BCUT2D eigenvalue weighted by atomic mass is 35.5. The summed E-state index contributed by atoms with van der Waals surface area (Å²) in [6, 6.07) is 6.90. The predicted molar refractivity (Wildman–Crippen MR) is 95.8 cm³/mol. The largest absolute Gasteiger partial charge is 0.324 e. The van der Waals surface area contributed by atoms with Crippen LogP contribution in [0.25, 0.3) is 0 Å². The normalized spacial score (nSPS) is 10.6. The smallest absolute Gasteiger partial charge is 0.258 e. The highest BCUT2D eigenvalue weighted by Crippen LogP contribution is 2.23. The molecule has 0 unspecified atom stereocenters. The van der Waals surface area contributed by atoms with Gasteiger partial charge < -0.3 is 10.6 Å². The summed E-state index contributed by atoms with van der Waals surface area (Å²) in [7, 11) is 0. The molecule has 3 aromatic rings. The van der Waals surface area contributed by atoms with Crippen LogP contribution in [0, 0.1) is 24.4 Å². The van der Waals surface area contributed by atoms with Gasteiger partial charge in [0.1, 0.15) is 0 Å². The maximum Gasteiger partial charge on any atom is 0.258 e. The van der Waals surface area contributed by atoms with Gasteiger partial charge in [0.2, 0.25) is 5.95 Å². The van der Waals surface area contributed by atoms with Crippen LogP contribution in [0.1, 0.15) is 15.9 Å². The molecule has 9 heteroatoms. The summed E-state index contributed by atoms with van der Waals surface area (Å²) in [6.07, 6.45) is 2.42. The first kappa shape index (κ1) is 18.7. The third kappa shape index (κ3) is 4.17. The van der Waals surface area contributed by atoms with Gasteiger partial charge in [0.15, 0.2) is 17.5 Å². The van der Waals surface area contributed by atoms with Crippen molar-refractivity contribution < 1.29 is 18.0 Å². The maximum absolute atomic E-state index is 13.6. The summed E-state index contributed by atoms with van der Waals surface area (Å²) in [5.74, 6) is -5.05. The second-order valence-corrected chi connectivity index (χ2v) is 5.99. The number of halogens is 4. The van der Waals surface area contributed by atoms with Gasteiger partial charge in [0.05, 0.1) is 11.3 Å². The van der Waals surface area contributed by atoms with Crippen molar-refractivity contribution >= 4 is 34.8 Å². The first-order valence-corrected chi connectivity index (χ1v) is 8.03. The lowest BCUT2D eigenvalue weighted by molar-refractivity contribution is 0.102. The van der Waals surface area contributed by atoms with Gasteiger partial charge in [-0.05, 0) is 36.8 Å². The third-order valence-electron chi connectivity index (χ3n) is 3.64. The zero-order valence-electron chi connectivity index (χ0n) is 13.9. The van der Waals surface area contributed by atoms with Crippen molar-refractivity contribution in [1.82, 2.24) is 9.97 Å². The Labute approximate surface area is 157 Å². The molecule has 27 heavy (non-hydrogen) atoms. The van der Waals surface area contributed by atoms with E-state index >= 15 is 0 Å². The molecule has 0 bridgehead atoms. The molecule has 0 radical (unpaired) electrons. The Morgan fingerprint density at radius 2 is 1.70 bits per heavy atom. The highest BCUT2D eigenvalue weighted by Gasteiger charge is 2.16. The van der Waals surface area contributed by atoms with Crippen LogP contribution in [0.4, 0.5) is 30.5 Å². The molecule has 138 valence electrons.